The molecule has 0 spiro atoms. The molecule has 41 heavy (non-hydrogen) atoms. The summed E-state index contributed by atoms with van der Waals surface area (Å²) in [7, 11) is -5.02. The number of H-pyrrole nitrogens is 1. The van der Waals surface area contributed by atoms with E-state index in [0.717, 1.165) is 0 Å². The maximum atomic E-state index is 13.3. The maximum Gasteiger partial charge on any atom is 0.330 e. The quantitative estimate of drug-likeness (QED) is 0.308. The van der Waals surface area contributed by atoms with Crippen LogP contribution in [0, 0.1) is 0 Å². The Labute approximate surface area is 251 Å². The average molecular weight is 630 g/mol. The Kier molecular flexibility index (Phi) is 10.9. The normalized spacial score (nSPS) is 23.3. The van der Waals surface area contributed by atoms with Crippen molar-refractivity contribution in [1.29, 1.82) is 0 Å². The van der Waals surface area contributed by atoms with Crippen LogP contribution < -0.4 is 16.6 Å². The summed E-state index contributed by atoms with van der Waals surface area (Å²) in [4.78, 5) is 28.4. The molecule has 0 aliphatic carbocycles. The summed E-state index contributed by atoms with van der Waals surface area (Å²) in [5, 5.41) is 2.91. The molecule has 1 aliphatic rings. The van der Waals surface area contributed by atoms with E-state index in [1.807, 2.05) is 0 Å². The molecule has 2 unspecified atom stereocenters. The second kappa shape index (κ2) is 12.3. The van der Waals surface area contributed by atoms with Crippen LogP contribution in [0.2, 0.25) is 54.4 Å². The van der Waals surface area contributed by atoms with Crippen molar-refractivity contribution in [2.45, 2.75) is 148 Å². The van der Waals surface area contributed by atoms with E-state index in [0.29, 0.717) is 18.7 Å². The SMILES string of the molecule is CNCc1cn([C@@H]2O[C@H](CO[Si](C)(C)C(C)(C)C)C(O[Si](C)(C)C(C)(C)C)C2O[Si](C)(C)C(C)(C)C)c(=O)[nH]c1=O. The van der Waals surface area contributed by atoms with Crippen LogP contribution in [0.3, 0.4) is 0 Å². The fourth-order valence-electron chi connectivity index (χ4n) is 3.91. The molecule has 12 heteroatoms. The molecule has 1 saturated heterocycles. The maximum absolute atomic E-state index is 13.3. The van der Waals surface area contributed by atoms with Gasteiger partial charge in [-0.2, -0.15) is 0 Å². The van der Waals surface area contributed by atoms with Crippen LogP contribution in [-0.4, -0.2) is 66.5 Å². The van der Waals surface area contributed by atoms with Crippen molar-refractivity contribution in [3.63, 3.8) is 0 Å². The van der Waals surface area contributed by atoms with Gasteiger partial charge in [-0.05, 0) is 61.4 Å². The molecule has 238 valence electrons. The summed E-state index contributed by atoms with van der Waals surface area (Å²) in [6.45, 7) is 33.9. The molecule has 0 amide bonds. The topological polar surface area (TPSA) is 104 Å². The summed E-state index contributed by atoms with van der Waals surface area (Å²) in [6, 6.07) is 0. The van der Waals surface area contributed by atoms with Gasteiger partial charge < -0.3 is 23.3 Å². The third-order valence-electron chi connectivity index (χ3n) is 9.86. The highest BCUT2D eigenvalue weighted by molar-refractivity contribution is 6.75. The molecular formula is C29H59N3O6Si3. The van der Waals surface area contributed by atoms with E-state index in [1.165, 1.54) is 4.57 Å². The molecule has 1 aromatic rings. The molecule has 0 saturated carbocycles. The number of aromatic amines is 1. The first-order chi connectivity index (χ1) is 18.3. The van der Waals surface area contributed by atoms with Crippen LogP contribution >= 0.6 is 0 Å². The van der Waals surface area contributed by atoms with Gasteiger partial charge in [-0.15, -0.1) is 0 Å². The predicted octanol–water partition coefficient (Wildman–Crippen LogP) is 5.96. The van der Waals surface area contributed by atoms with Crippen molar-refractivity contribution in [3.05, 3.63) is 32.6 Å². The largest absolute Gasteiger partial charge is 0.414 e. The molecule has 0 aromatic carbocycles. The lowest BCUT2D eigenvalue weighted by atomic mass is 10.1. The van der Waals surface area contributed by atoms with Crippen LogP contribution in [0.1, 0.15) is 74.1 Å². The summed E-state index contributed by atoms with van der Waals surface area (Å²) in [5.41, 5.74) is -0.488. The van der Waals surface area contributed by atoms with Gasteiger partial charge in [0.05, 0.1) is 6.61 Å². The van der Waals surface area contributed by atoms with Crippen molar-refractivity contribution in [3.8, 4) is 0 Å². The van der Waals surface area contributed by atoms with Gasteiger partial charge in [0, 0.05) is 18.3 Å². The van der Waals surface area contributed by atoms with Gasteiger partial charge >= 0.3 is 5.69 Å². The van der Waals surface area contributed by atoms with E-state index in [-0.39, 0.29) is 15.1 Å². The smallest absolute Gasteiger partial charge is 0.330 e. The lowest BCUT2D eigenvalue weighted by Crippen LogP contribution is -2.55. The predicted molar refractivity (Wildman–Crippen MR) is 175 cm³/mol. The molecule has 9 nitrogen and oxygen atoms in total. The number of aromatic nitrogens is 2. The third-order valence-corrected chi connectivity index (χ3v) is 23.3. The van der Waals surface area contributed by atoms with Gasteiger partial charge in [-0.3, -0.25) is 14.3 Å². The second-order valence-corrected chi connectivity index (χ2v) is 30.5. The molecule has 0 radical (unpaired) electrons. The highest BCUT2D eigenvalue weighted by atomic mass is 28.4. The highest BCUT2D eigenvalue weighted by Crippen LogP contribution is 2.46. The van der Waals surface area contributed by atoms with Crippen molar-refractivity contribution in [1.82, 2.24) is 14.9 Å². The summed E-state index contributed by atoms with van der Waals surface area (Å²) in [5.74, 6) is 0. The molecular weight excluding hydrogens is 571 g/mol. The summed E-state index contributed by atoms with van der Waals surface area (Å²) >= 11 is 0. The number of nitrogens with one attached hydrogen (secondary N) is 2. The van der Waals surface area contributed by atoms with Crippen molar-refractivity contribution in [2.24, 2.45) is 0 Å². The van der Waals surface area contributed by atoms with Crippen LogP contribution in [-0.2, 0) is 24.6 Å². The lowest BCUT2D eigenvalue weighted by Gasteiger charge is -2.44. The Morgan fingerprint density at radius 2 is 1.29 bits per heavy atom. The monoisotopic (exact) mass is 629 g/mol. The minimum Gasteiger partial charge on any atom is -0.414 e. The van der Waals surface area contributed by atoms with Crippen molar-refractivity contribution in [2.75, 3.05) is 13.7 Å². The van der Waals surface area contributed by atoms with Crippen LogP contribution in [0.4, 0.5) is 0 Å². The van der Waals surface area contributed by atoms with Crippen LogP contribution in [0.15, 0.2) is 15.8 Å². The molecule has 1 aliphatic heterocycles. The van der Waals surface area contributed by atoms with E-state index in [2.05, 4.69) is 112 Å². The van der Waals surface area contributed by atoms with E-state index >= 15 is 0 Å². The minimum atomic E-state index is -2.36. The summed E-state index contributed by atoms with van der Waals surface area (Å²) < 4.78 is 29.2. The molecule has 4 atom stereocenters. The van der Waals surface area contributed by atoms with Gasteiger partial charge in [-0.1, -0.05) is 62.3 Å². The Morgan fingerprint density at radius 1 is 0.829 bits per heavy atom. The fraction of sp³-hybridized carbons (Fsp3) is 0.862. The number of hydrogen-bond acceptors (Lipinski definition) is 7. The first-order valence-corrected chi connectivity index (χ1v) is 23.6. The standard InChI is InChI=1S/C29H59N3O6Si3/c1-27(2,3)39(11,12)35-19-21-22(37-40(13,14)28(4,5)6)23(38-41(15,16)29(7,8)9)25(36-21)32-18-20(17-30-10)24(33)31-26(32)34/h18,21-23,25,30H,17,19H2,1-16H3,(H,31,33,34)/t21-,22?,23?,25-/m1/s1. The molecule has 1 aromatic heterocycles. The zero-order chi connectivity index (χ0) is 32.0. The van der Waals surface area contributed by atoms with E-state index in [4.69, 9.17) is 18.0 Å². The Balaban J connectivity index is 2.74. The molecule has 0 bridgehead atoms. The number of ether oxygens (including phenoxy) is 1. The van der Waals surface area contributed by atoms with Gasteiger partial charge in [0.15, 0.2) is 31.2 Å². The fourth-order valence-corrected chi connectivity index (χ4v) is 7.53. The van der Waals surface area contributed by atoms with Gasteiger partial charge in [0.2, 0.25) is 0 Å². The molecule has 2 rings (SSSR count). The van der Waals surface area contributed by atoms with Crippen molar-refractivity contribution < 1.29 is 18.0 Å². The zero-order valence-corrected chi connectivity index (χ0v) is 31.7. The van der Waals surface area contributed by atoms with Gasteiger partial charge in [0.25, 0.3) is 5.56 Å². The molecule has 2 N–H and O–H groups in total. The third kappa shape index (κ3) is 8.20. The Hall–Kier alpha value is -0.869. The molecule has 1 fully saturated rings. The van der Waals surface area contributed by atoms with E-state index < -0.39 is 60.7 Å². The zero-order valence-electron chi connectivity index (χ0n) is 28.7. The van der Waals surface area contributed by atoms with Gasteiger partial charge in [0.1, 0.15) is 18.3 Å². The second-order valence-electron chi connectivity index (χ2n) is 16.2. The number of nitrogens with zero attached hydrogens (tertiary/aromatic N) is 1. The van der Waals surface area contributed by atoms with Crippen LogP contribution in [0.5, 0.6) is 0 Å². The average Bonchev–Trinajstić information content (AvgIpc) is 3.07. The Morgan fingerprint density at radius 3 is 1.73 bits per heavy atom. The summed E-state index contributed by atoms with van der Waals surface area (Å²) in [6.07, 6.45) is -0.656. The van der Waals surface area contributed by atoms with E-state index in [1.54, 1.807) is 13.2 Å². The minimum absolute atomic E-state index is 0.0236. The number of hydrogen-bond donors (Lipinski definition) is 2. The molecule has 2 heterocycles. The first kappa shape index (κ1) is 36.3. The lowest BCUT2D eigenvalue weighted by molar-refractivity contribution is -0.0511. The van der Waals surface area contributed by atoms with Crippen molar-refractivity contribution >= 4 is 25.0 Å². The van der Waals surface area contributed by atoms with Crippen LogP contribution in [0.25, 0.3) is 0 Å². The van der Waals surface area contributed by atoms with Gasteiger partial charge in [-0.25, -0.2) is 4.79 Å². The highest BCUT2D eigenvalue weighted by Gasteiger charge is 2.55. The van der Waals surface area contributed by atoms with E-state index in [9.17, 15) is 9.59 Å². The first-order valence-electron chi connectivity index (χ1n) is 14.9. The number of rotatable bonds is 10. The Bertz CT molecular complexity index is 1160.